The highest BCUT2D eigenvalue weighted by Crippen LogP contribution is 2.48. The van der Waals surface area contributed by atoms with Gasteiger partial charge in [0.1, 0.15) is 0 Å². The molecular weight excluding hydrogens is 1740 g/mol. The average Bonchev–Trinajstić information content (AvgIpc) is 0.721. The van der Waals surface area contributed by atoms with Crippen molar-refractivity contribution in [1.82, 2.24) is 29.9 Å². The van der Waals surface area contributed by atoms with Crippen molar-refractivity contribution in [2.24, 2.45) is 0 Å². The maximum Gasteiger partial charge on any atom is 0.160 e. The largest absolute Gasteiger partial charge is 0.300 e. The van der Waals surface area contributed by atoms with Gasteiger partial charge in [-0.15, -0.1) is 0 Å². The van der Waals surface area contributed by atoms with Crippen molar-refractivity contribution in [3.05, 3.63) is 553 Å². The number of nitrogens with one attached hydrogen (secondary N) is 1. The maximum atomic E-state index is 8.34. The van der Waals surface area contributed by atoms with Gasteiger partial charge in [0, 0.05) is 69.1 Å². The Labute approximate surface area is 835 Å². The van der Waals surface area contributed by atoms with Crippen LogP contribution in [0.5, 0.6) is 0 Å². The predicted octanol–water partition coefficient (Wildman–Crippen LogP) is 36.5. The molecule has 0 aliphatic rings. The van der Waals surface area contributed by atoms with E-state index in [4.69, 9.17) is 20.4 Å². The number of benzene rings is 19. The lowest BCUT2D eigenvalue weighted by molar-refractivity contribution is 1.19. The molecule has 0 amide bonds. The molecule has 0 radical (unpaired) electrons. The van der Waals surface area contributed by atoms with E-state index in [0.29, 0.717) is 17.1 Å². The summed E-state index contributed by atoms with van der Waals surface area (Å²) in [5.74, 6) is 0.689. The van der Waals surface area contributed by atoms with Crippen LogP contribution in [0.25, 0.3) is 248 Å². The first-order chi connectivity index (χ1) is 71.1. The minimum absolute atomic E-state index is 0.321. The molecule has 0 atom stereocenters. The van der Waals surface area contributed by atoms with E-state index in [1.165, 1.54) is 119 Å². The molecule has 0 unspecified atom stereocenters. The third-order valence-electron chi connectivity index (χ3n) is 27.3. The summed E-state index contributed by atoms with van der Waals surface area (Å²) in [5, 5.41) is 33.5. The summed E-state index contributed by atoms with van der Waals surface area (Å²) in [6.45, 7) is 12.3. The van der Waals surface area contributed by atoms with Crippen molar-refractivity contribution in [3.8, 4) is 123 Å². The van der Waals surface area contributed by atoms with E-state index in [-0.39, 0.29) is 0 Å². The molecule has 0 aliphatic carbocycles. The predicted molar refractivity (Wildman–Crippen MR) is 610 cm³/mol. The molecule has 0 bridgehead atoms. The highest BCUT2D eigenvalue weighted by Gasteiger charge is 2.23. The average molecular weight is 1840 g/mol. The van der Waals surface area contributed by atoms with Gasteiger partial charge >= 0.3 is 0 Å². The molecule has 144 heavy (non-hydrogen) atoms. The molecule has 7 heteroatoms. The second-order valence-corrected chi connectivity index (χ2v) is 36.1. The molecule has 5 aromatic heterocycles. The van der Waals surface area contributed by atoms with Gasteiger partial charge in [0.2, 0.25) is 0 Å². The lowest BCUT2D eigenvalue weighted by atomic mass is 9.84. The summed E-state index contributed by atoms with van der Waals surface area (Å²) in [4.78, 5) is 29.2. The molecule has 25 rings (SSSR count). The van der Waals surface area contributed by atoms with Crippen LogP contribution in [0.3, 0.4) is 0 Å². The molecule has 25 aromatic rings. The summed E-state index contributed by atoms with van der Waals surface area (Å²) in [6, 6.07) is 166. The van der Waals surface area contributed by atoms with Crippen molar-refractivity contribution in [2.75, 3.05) is 0 Å². The first kappa shape index (κ1) is 88.7. The Morgan fingerprint density at radius 1 is 0.222 bits per heavy atom. The summed E-state index contributed by atoms with van der Waals surface area (Å²) in [6.07, 6.45) is 16.4. The molecule has 0 saturated carbocycles. The first-order valence-corrected chi connectivity index (χ1v) is 48.5. The fourth-order valence-electron chi connectivity index (χ4n) is 20.1. The molecule has 0 aliphatic heterocycles. The summed E-state index contributed by atoms with van der Waals surface area (Å²) >= 11 is 0. The molecule has 20 aromatic carbocycles. The van der Waals surface area contributed by atoms with Crippen molar-refractivity contribution >= 4 is 130 Å². The van der Waals surface area contributed by atoms with Crippen molar-refractivity contribution < 1.29 is 0 Å². The van der Waals surface area contributed by atoms with E-state index in [1.54, 1.807) is 18.2 Å². The second kappa shape index (κ2) is 39.7. The van der Waals surface area contributed by atoms with Gasteiger partial charge in [-0.25, -0.2) is 9.97 Å². The summed E-state index contributed by atoms with van der Waals surface area (Å²) < 4.78 is 0. The molecule has 0 fully saturated rings. The number of rotatable bonds is 17. The SMILES string of the molecule is C=C/C=C\C(=N)C(=C)/C=C\C(=C)c1ccc(-c2cccc3ccccc23)cccc(-c2ccc(-c3ccccn3)cc2)c2ccccc12.c1ccc(-c2ccc(-c3nc(-c4cc5ccccc5c5ccccc45)cc(-c4cc5ccccc5c5ccccc45)n3)cc2)nc1.c1ccc2cc(-c3c4ccccc4c(-c4ccc5ccccc5c4)c4cc(-c5ccc(-c6cnc7ccccc7c6)nc5)ccc34)ccc2c1. The van der Waals surface area contributed by atoms with Gasteiger partial charge in [-0.1, -0.05) is 432 Å². The zero-order chi connectivity index (χ0) is 96.8. The molecule has 676 valence electrons. The third kappa shape index (κ3) is 17.9. The van der Waals surface area contributed by atoms with Crippen molar-refractivity contribution in [3.63, 3.8) is 0 Å². The smallest absolute Gasteiger partial charge is 0.160 e. The Balaban J connectivity index is 0.000000120. The van der Waals surface area contributed by atoms with Gasteiger partial charge < -0.3 is 5.41 Å². The van der Waals surface area contributed by atoms with Gasteiger partial charge in [0.05, 0.1) is 39.7 Å². The summed E-state index contributed by atoms with van der Waals surface area (Å²) in [7, 11) is 0. The van der Waals surface area contributed by atoms with Gasteiger partial charge in [-0.2, -0.15) is 0 Å². The fourth-order valence-corrected chi connectivity index (χ4v) is 20.1. The Hall–Kier alpha value is -19.2. The molecular formula is C137H93N7. The topological polar surface area (TPSA) is 101 Å². The zero-order valence-corrected chi connectivity index (χ0v) is 79.0. The number of pyridine rings is 4. The van der Waals surface area contributed by atoms with Crippen LogP contribution in [0, 0.1) is 5.41 Å². The molecule has 7 nitrogen and oxygen atoms in total. The third-order valence-corrected chi connectivity index (χ3v) is 27.3. The Bertz CT molecular complexity index is 9370. The van der Waals surface area contributed by atoms with E-state index in [9.17, 15) is 0 Å². The standard InChI is InChI=1S/C48H30N2.C46H36N2.C43H27N3/c1-3-11-33-25-37(19-17-31(33)9-1)47-41-14-6-7-15-42(41)48(38-20-18-32-10-2-4-12-34(32)26-38)44-28-35(21-23-43(44)47)39-22-24-46(49-29-39)40-27-36-13-5-8-16-45(36)50-30-40;1-4-5-22-45(47)34(3)25-24-33(2)39-31-30-36(41-20-12-15-35-14-6-7-17-40(35)41)16-13-21-42(44-19-9-8-18-43(39)44)37-26-28-38(29-27-37)46-23-10-11-32-48-46;1-3-13-32-30(11-1)25-38(36-17-7-5-15-34(32)36)41-27-42(39-26-31-12-2-4-14-33(31)35-16-6-8-18-37(35)39)46-43(45-41)29-22-20-28(21-23-29)40-19-9-10-24-44-40/h1-30H;4-32,47H,1-3H2;1-27H/b;16-13?,21-13?,22-5-,25-24-,31-30?,36-16?,36-30?,39-31?,42-21?,43-39?,44-42?,47-45?;. The summed E-state index contributed by atoms with van der Waals surface area (Å²) in [5.41, 5.74) is 26.1. The number of hydrogen-bond acceptors (Lipinski definition) is 7. The maximum absolute atomic E-state index is 8.34. The van der Waals surface area contributed by atoms with Crippen LogP contribution >= 0.6 is 0 Å². The van der Waals surface area contributed by atoms with E-state index < -0.39 is 0 Å². The van der Waals surface area contributed by atoms with Crippen LogP contribution in [0.15, 0.2) is 548 Å². The van der Waals surface area contributed by atoms with E-state index in [1.807, 2.05) is 91.5 Å². The number of para-hydroxylation sites is 1. The molecule has 5 heterocycles. The van der Waals surface area contributed by atoms with Crippen LogP contribution in [-0.4, -0.2) is 35.6 Å². The molecule has 1 N–H and O–H groups in total. The van der Waals surface area contributed by atoms with Gasteiger partial charge in [0.15, 0.2) is 5.82 Å². The fraction of sp³-hybridized carbons (Fsp3) is 0. The van der Waals surface area contributed by atoms with Gasteiger partial charge in [-0.05, 0) is 259 Å². The van der Waals surface area contributed by atoms with Crippen LogP contribution in [0.4, 0.5) is 0 Å². The van der Waals surface area contributed by atoms with Crippen molar-refractivity contribution in [1.29, 1.82) is 5.41 Å². The monoisotopic (exact) mass is 1840 g/mol. The van der Waals surface area contributed by atoms with Gasteiger partial charge in [0.25, 0.3) is 0 Å². The number of nitrogens with zero attached hydrogens (tertiary/aromatic N) is 6. The van der Waals surface area contributed by atoms with Crippen LogP contribution < -0.4 is 0 Å². The van der Waals surface area contributed by atoms with Crippen LogP contribution in [0.1, 0.15) is 5.56 Å². The van der Waals surface area contributed by atoms with Crippen LogP contribution in [0.2, 0.25) is 0 Å². The highest BCUT2D eigenvalue weighted by atomic mass is 14.9. The normalized spacial score (nSPS) is 11.4. The highest BCUT2D eigenvalue weighted by molar-refractivity contribution is 6.23. The number of fused-ring (bicyclic) bond motifs is 13. The van der Waals surface area contributed by atoms with Crippen molar-refractivity contribution in [2.45, 2.75) is 0 Å². The van der Waals surface area contributed by atoms with E-state index in [0.717, 1.165) is 128 Å². The Kier molecular flexibility index (Phi) is 24.5. The first-order valence-electron chi connectivity index (χ1n) is 48.5. The lowest BCUT2D eigenvalue weighted by Crippen LogP contribution is -1.97. The van der Waals surface area contributed by atoms with E-state index >= 15 is 0 Å². The lowest BCUT2D eigenvalue weighted by Gasteiger charge is -2.19. The minimum Gasteiger partial charge on any atom is -0.300 e. The number of hydrogen-bond donors (Lipinski definition) is 1. The van der Waals surface area contributed by atoms with E-state index in [2.05, 4.69) is 447 Å². The Morgan fingerprint density at radius 3 is 1.20 bits per heavy atom. The Morgan fingerprint density at radius 2 is 0.632 bits per heavy atom. The van der Waals surface area contributed by atoms with Gasteiger partial charge in [-0.3, -0.25) is 19.9 Å². The number of aromatic nitrogens is 6. The minimum atomic E-state index is 0.321. The zero-order valence-electron chi connectivity index (χ0n) is 79.0. The quantitative estimate of drug-likeness (QED) is 0.0422. The molecule has 0 saturated heterocycles. The van der Waals surface area contributed by atoms with Crippen LogP contribution in [-0.2, 0) is 0 Å². The second-order valence-electron chi connectivity index (χ2n) is 36.1. The molecule has 0 spiro atoms. The number of allylic oxidation sites excluding steroid dienone is 7.